The normalized spacial score (nSPS) is 10.1. The SMILES string of the molecule is C=C(C)CN(CC)C(=O)CSc1ccc(N)cc1. The molecule has 0 spiro atoms. The zero-order valence-corrected chi connectivity index (χ0v) is 11.8. The Bertz CT molecular complexity index is 414. The molecule has 98 valence electrons. The monoisotopic (exact) mass is 264 g/mol. The summed E-state index contributed by atoms with van der Waals surface area (Å²) < 4.78 is 0. The highest BCUT2D eigenvalue weighted by molar-refractivity contribution is 8.00. The first kappa shape index (κ1) is 14.6. The average Bonchev–Trinajstić information content (AvgIpc) is 2.34. The molecule has 18 heavy (non-hydrogen) atoms. The molecule has 0 fully saturated rings. The molecule has 1 aromatic carbocycles. The van der Waals surface area contributed by atoms with Crippen LogP contribution in [0, 0.1) is 0 Å². The Hall–Kier alpha value is -1.42. The number of thioether (sulfide) groups is 1. The molecule has 3 nitrogen and oxygen atoms in total. The lowest BCUT2D eigenvalue weighted by Crippen LogP contribution is -2.33. The Morgan fingerprint density at radius 3 is 2.50 bits per heavy atom. The molecule has 1 amide bonds. The van der Waals surface area contributed by atoms with E-state index in [1.165, 1.54) is 11.8 Å². The maximum absolute atomic E-state index is 12.0. The quantitative estimate of drug-likeness (QED) is 0.488. The minimum Gasteiger partial charge on any atom is -0.399 e. The van der Waals surface area contributed by atoms with E-state index in [-0.39, 0.29) is 5.91 Å². The van der Waals surface area contributed by atoms with E-state index in [0.717, 1.165) is 16.2 Å². The standard InChI is InChI=1S/C14H20N2OS/c1-4-16(9-11(2)3)14(17)10-18-13-7-5-12(15)6-8-13/h5-8H,2,4,9-10,15H2,1,3H3. The fourth-order valence-corrected chi connectivity index (χ4v) is 2.30. The molecule has 0 aliphatic rings. The largest absolute Gasteiger partial charge is 0.399 e. The van der Waals surface area contributed by atoms with Crippen LogP contribution in [0.25, 0.3) is 0 Å². The van der Waals surface area contributed by atoms with Gasteiger partial charge in [0.15, 0.2) is 0 Å². The van der Waals surface area contributed by atoms with Crippen LogP contribution in [0.2, 0.25) is 0 Å². The minimum absolute atomic E-state index is 0.141. The van der Waals surface area contributed by atoms with E-state index >= 15 is 0 Å². The second-order valence-electron chi connectivity index (χ2n) is 4.22. The van der Waals surface area contributed by atoms with E-state index in [9.17, 15) is 4.79 Å². The van der Waals surface area contributed by atoms with Gasteiger partial charge in [0.2, 0.25) is 5.91 Å². The molecule has 0 aromatic heterocycles. The maximum atomic E-state index is 12.0. The summed E-state index contributed by atoms with van der Waals surface area (Å²) in [5.41, 5.74) is 7.35. The number of nitrogen functional groups attached to an aromatic ring is 1. The first-order valence-electron chi connectivity index (χ1n) is 5.93. The second-order valence-corrected chi connectivity index (χ2v) is 5.27. The molecule has 0 aliphatic carbocycles. The van der Waals surface area contributed by atoms with Crippen molar-refractivity contribution >= 4 is 23.4 Å². The zero-order chi connectivity index (χ0) is 13.5. The molecule has 0 aliphatic heterocycles. The van der Waals surface area contributed by atoms with Crippen molar-refractivity contribution in [1.29, 1.82) is 0 Å². The molecule has 0 saturated carbocycles. The molecule has 0 atom stereocenters. The molecular weight excluding hydrogens is 244 g/mol. The topological polar surface area (TPSA) is 46.3 Å². The number of hydrogen-bond acceptors (Lipinski definition) is 3. The average molecular weight is 264 g/mol. The number of rotatable bonds is 6. The zero-order valence-electron chi connectivity index (χ0n) is 11.0. The molecule has 1 rings (SSSR count). The van der Waals surface area contributed by atoms with Crippen molar-refractivity contribution in [2.75, 3.05) is 24.6 Å². The first-order valence-corrected chi connectivity index (χ1v) is 6.92. The number of amides is 1. The fraction of sp³-hybridized carbons (Fsp3) is 0.357. The predicted octanol–water partition coefficient (Wildman–Crippen LogP) is 2.79. The van der Waals surface area contributed by atoms with Gasteiger partial charge in [-0.1, -0.05) is 12.2 Å². The third kappa shape index (κ3) is 4.84. The van der Waals surface area contributed by atoms with E-state index in [4.69, 9.17) is 5.73 Å². The van der Waals surface area contributed by atoms with Crippen LogP contribution in [0.15, 0.2) is 41.3 Å². The summed E-state index contributed by atoms with van der Waals surface area (Å²) in [4.78, 5) is 14.9. The highest BCUT2D eigenvalue weighted by Crippen LogP contribution is 2.19. The van der Waals surface area contributed by atoms with Gasteiger partial charge >= 0.3 is 0 Å². The van der Waals surface area contributed by atoms with Crippen molar-refractivity contribution in [3.05, 3.63) is 36.4 Å². The van der Waals surface area contributed by atoms with Gasteiger partial charge in [-0.25, -0.2) is 0 Å². The van der Waals surface area contributed by atoms with Crippen molar-refractivity contribution in [1.82, 2.24) is 4.90 Å². The fourth-order valence-electron chi connectivity index (χ4n) is 1.50. The Morgan fingerprint density at radius 1 is 1.39 bits per heavy atom. The summed E-state index contributed by atoms with van der Waals surface area (Å²) >= 11 is 1.53. The second kappa shape index (κ2) is 7.11. The summed E-state index contributed by atoms with van der Waals surface area (Å²) in [5.74, 6) is 0.590. The number of carbonyl (C=O) groups excluding carboxylic acids is 1. The van der Waals surface area contributed by atoms with Gasteiger partial charge in [0.25, 0.3) is 0 Å². The Kier molecular flexibility index (Phi) is 5.78. The third-order valence-electron chi connectivity index (χ3n) is 2.44. The van der Waals surface area contributed by atoms with Crippen LogP contribution in [0.4, 0.5) is 5.69 Å². The van der Waals surface area contributed by atoms with Crippen LogP contribution >= 0.6 is 11.8 Å². The first-order chi connectivity index (χ1) is 8.52. The summed E-state index contributed by atoms with van der Waals surface area (Å²) in [6.45, 7) is 9.11. The molecule has 2 N–H and O–H groups in total. The van der Waals surface area contributed by atoms with Crippen LogP contribution in [-0.2, 0) is 4.79 Å². The predicted molar refractivity (Wildman–Crippen MR) is 78.6 cm³/mol. The van der Waals surface area contributed by atoms with Crippen LogP contribution in [0.5, 0.6) is 0 Å². The molecule has 0 bridgehead atoms. The van der Waals surface area contributed by atoms with Crippen LogP contribution in [0.3, 0.4) is 0 Å². The molecule has 4 heteroatoms. The molecule has 0 saturated heterocycles. The molecule has 0 radical (unpaired) electrons. The maximum Gasteiger partial charge on any atom is 0.233 e. The van der Waals surface area contributed by atoms with Gasteiger partial charge in [0.05, 0.1) is 5.75 Å². The number of benzene rings is 1. The van der Waals surface area contributed by atoms with Crippen molar-refractivity contribution in [3.8, 4) is 0 Å². The Labute approximate surface area is 113 Å². The number of likely N-dealkylation sites (N-methyl/N-ethyl adjacent to an activating group) is 1. The van der Waals surface area contributed by atoms with Gasteiger partial charge in [0.1, 0.15) is 0 Å². The van der Waals surface area contributed by atoms with E-state index in [0.29, 0.717) is 18.8 Å². The van der Waals surface area contributed by atoms with Crippen molar-refractivity contribution in [2.45, 2.75) is 18.7 Å². The van der Waals surface area contributed by atoms with Gasteiger partial charge in [-0.05, 0) is 38.1 Å². The van der Waals surface area contributed by atoms with Gasteiger partial charge < -0.3 is 10.6 Å². The summed E-state index contributed by atoms with van der Waals surface area (Å²) in [7, 11) is 0. The highest BCUT2D eigenvalue weighted by atomic mass is 32.2. The summed E-state index contributed by atoms with van der Waals surface area (Å²) in [6, 6.07) is 7.56. The Balaban J connectivity index is 2.49. The smallest absolute Gasteiger partial charge is 0.233 e. The minimum atomic E-state index is 0.141. The van der Waals surface area contributed by atoms with Crippen molar-refractivity contribution < 1.29 is 4.79 Å². The number of nitrogens with zero attached hydrogens (tertiary/aromatic N) is 1. The lowest BCUT2D eigenvalue weighted by molar-refractivity contribution is -0.127. The number of carbonyl (C=O) groups is 1. The van der Waals surface area contributed by atoms with Gasteiger partial charge in [-0.3, -0.25) is 4.79 Å². The lowest BCUT2D eigenvalue weighted by atomic mass is 10.3. The molecule has 1 aromatic rings. The molecule has 0 heterocycles. The van der Waals surface area contributed by atoms with Crippen LogP contribution in [0.1, 0.15) is 13.8 Å². The van der Waals surface area contributed by atoms with Crippen LogP contribution < -0.4 is 5.73 Å². The van der Waals surface area contributed by atoms with Gasteiger partial charge in [-0.2, -0.15) is 0 Å². The number of anilines is 1. The highest BCUT2D eigenvalue weighted by Gasteiger charge is 2.11. The van der Waals surface area contributed by atoms with Crippen molar-refractivity contribution in [2.24, 2.45) is 0 Å². The van der Waals surface area contributed by atoms with Gasteiger partial charge in [0, 0.05) is 23.7 Å². The third-order valence-corrected chi connectivity index (χ3v) is 3.43. The molecule has 0 unspecified atom stereocenters. The lowest BCUT2D eigenvalue weighted by Gasteiger charge is -2.20. The van der Waals surface area contributed by atoms with E-state index in [1.54, 1.807) is 0 Å². The van der Waals surface area contributed by atoms with Crippen LogP contribution in [-0.4, -0.2) is 29.6 Å². The van der Waals surface area contributed by atoms with E-state index in [2.05, 4.69) is 6.58 Å². The Morgan fingerprint density at radius 2 is 2.00 bits per heavy atom. The van der Waals surface area contributed by atoms with Gasteiger partial charge in [-0.15, -0.1) is 11.8 Å². The summed E-state index contributed by atoms with van der Waals surface area (Å²) in [5, 5.41) is 0. The summed E-state index contributed by atoms with van der Waals surface area (Å²) in [6.07, 6.45) is 0. The number of hydrogen-bond donors (Lipinski definition) is 1. The van der Waals surface area contributed by atoms with Crippen molar-refractivity contribution in [3.63, 3.8) is 0 Å². The number of nitrogens with two attached hydrogens (primary N) is 1. The van der Waals surface area contributed by atoms with E-state index in [1.807, 2.05) is 43.0 Å². The van der Waals surface area contributed by atoms with E-state index < -0.39 is 0 Å². The molecular formula is C14H20N2OS.